The Hall–Kier alpha value is -1.09. The summed E-state index contributed by atoms with van der Waals surface area (Å²) < 4.78 is 5.83. The average Bonchev–Trinajstić information content (AvgIpc) is 2.12. The molecule has 1 heterocycles. The van der Waals surface area contributed by atoms with Gasteiger partial charge in [-0.3, -0.25) is 4.79 Å². The van der Waals surface area contributed by atoms with Gasteiger partial charge in [-0.1, -0.05) is 6.07 Å². The molecule has 0 aliphatic carbocycles. The lowest BCUT2D eigenvalue weighted by Gasteiger charge is -2.02. The molecule has 14 heavy (non-hydrogen) atoms. The van der Waals surface area contributed by atoms with E-state index in [0.29, 0.717) is 15.4 Å². The van der Waals surface area contributed by atoms with E-state index >= 15 is 0 Å². The van der Waals surface area contributed by atoms with Gasteiger partial charge in [0.2, 0.25) is 5.43 Å². The molecule has 0 bridgehead atoms. The van der Waals surface area contributed by atoms with Gasteiger partial charge in [0.05, 0.1) is 5.39 Å². The molecule has 1 aromatic carbocycles. The molecular formula is C11H9BrO2. The molecule has 0 atom stereocenters. The molecule has 1 aromatic heterocycles. The lowest BCUT2D eigenvalue weighted by atomic mass is 10.1. The van der Waals surface area contributed by atoms with Crippen molar-refractivity contribution >= 4 is 26.9 Å². The minimum absolute atomic E-state index is 0.0157. The first-order chi connectivity index (χ1) is 6.59. The molecule has 2 nitrogen and oxygen atoms in total. The molecule has 72 valence electrons. The van der Waals surface area contributed by atoms with Crippen LogP contribution in [0.1, 0.15) is 11.1 Å². The van der Waals surface area contributed by atoms with E-state index in [1.165, 1.54) is 6.26 Å². The van der Waals surface area contributed by atoms with Crippen molar-refractivity contribution in [2.75, 3.05) is 0 Å². The molecule has 0 unspecified atom stereocenters. The SMILES string of the molecule is Cc1cc(C)c2occ(Br)c(=O)c2c1. The van der Waals surface area contributed by atoms with E-state index in [-0.39, 0.29) is 5.43 Å². The molecular weight excluding hydrogens is 244 g/mol. The van der Waals surface area contributed by atoms with Crippen LogP contribution in [-0.2, 0) is 0 Å². The van der Waals surface area contributed by atoms with Crippen molar-refractivity contribution in [3.8, 4) is 0 Å². The monoisotopic (exact) mass is 252 g/mol. The average molecular weight is 253 g/mol. The third-order valence-corrected chi connectivity index (χ3v) is 2.71. The Kier molecular flexibility index (Phi) is 2.19. The summed E-state index contributed by atoms with van der Waals surface area (Å²) in [6.45, 7) is 3.90. The summed E-state index contributed by atoms with van der Waals surface area (Å²) in [5.41, 5.74) is 2.71. The Labute approximate surface area is 89.7 Å². The van der Waals surface area contributed by atoms with Crippen LogP contribution in [-0.4, -0.2) is 0 Å². The molecule has 0 aliphatic rings. The van der Waals surface area contributed by atoms with E-state index in [2.05, 4.69) is 15.9 Å². The molecule has 3 heteroatoms. The molecule has 0 spiro atoms. The van der Waals surface area contributed by atoms with Crippen LogP contribution in [0, 0.1) is 13.8 Å². The predicted octanol–water partition coefficient (Wildman–Crippen LogP) is 3.17. The summed E-state index contributed by atoms with van der Waals surface area (Å²) in [5, 5.41) is 0.636. The van der Waals surface area contributed by atoms with Gasteiger partial charge >= 0.3 is 0 Å². The number of benzene rings is 1. The minimum atomic E-state index is -0.0157. The van der Waals surface area contributed by atoms with Gasteiger partial charge in [0, 0.05) is 0 Å². The third kappa shape index (κ3) is 1.38. The maximum Gasteiger partial charge on any atom is 0.206 e. The van der Waals surface area contributed by atoms with Gasteiger partial charge in [-0.2, -0.15) is 0 Å². The molecule has 2 rings (SSSR count). The molecule has 0 amide bonds. The number of hydrogen-bond donors (Lipinski definition) is 0. The molecule has 0 saturated carbocycles. The topological polar surface area (TPSA) is 30.2 Å². The first-order valence-corrected chi connectivity index (χ1v) is 5.07. The predicted molar refractivity (Wildman–Crippen MR) is 59.7 cm³/mol. The number of aryl methyl sites for hydroxylation is 2. The maximum absolute atomic E-state index is 11.7. The summed E-state index contributed by atoms with van der Waals surface area (Å²) in [4.78, 5) is 11.7. The lowest BCUT2D eigenvalue weighted by Crippen LogP contribution is -2.02. The Morgan fingerprint density at radius 2 is 2.00 bits per heavy atom. The van der Waals surface area contributed by atoms with Gasteiger partial charge in [-0.25, -0.2) is 0 Å². The highest BCUT2D eigenvalue weighted by Gasteiger charge is 2.07. The van der Waals surface area contributed by atoms with Gasteiger partial charge < -0.3 is 4.42 Å². The van der Waals surface area contributed by atoms with Crippen molar-refractivity contribution in [2.24, 2.45) is 0 Å². The van der Waals surface area contributed by atoms with E-state index in [9.17, 15) is 4.79 Å². The molecule has 0 aliphatic heterocycles. The van der Waals surface area contributed by atoms with Crippen LogP contribution in [0.15, 0.2) is 32.1 Å². The van der Waals surface area contributed by atoms with Crippen molar-refractivity contribution in [1.82, 2.24) is 0 Å². The van der Waals surface area contributed by atoms with Crippen molar-refractivity contribution in [2.45, 2.75) is 13.8 Å². The van der Waals surface area contributed by atoms with E-state index in [1.807, 2.05) is 26.0 Å². The normalized spacial score (nSPS) is 10.8. The van der Waals surface area contributed by atoms with Crippen LogP contribution in [0.25, 0.3) is 11.0 Å². The summed E-state index contributed by atoms with van der Waals surface area (Å²) in [7, 11) is 0. The molecule has 0 N–H and O–H groups in total. The lowest BCUT2D eigenvalue weighted by molar-refractivity contribution is 0.596. The van der Waals surface area contributed by atoms with Crippen molar-refractivity contribution in [3.05, 3.63) is 44.2 Å². The Bertz CT molecular complexity index is 555. The van der Waals surface area contributed by atoms with Crippen molar-refractivity contribution in [1.29, 1.82) is 0 Å². The van der Waals surface area contributed by atoms with Crippen LogP contribution >= 0.6 is 15.9 Å². The van der Waals surface area contributed by atoms with Gasteiger partial charge in [0.1, 0.15) is 16.3 Å². The molecule has 0 fully saturated rings. The summed E-state index contributed by atoms with van der Waals surface area (Å²) in [5.74, 6) is 0. The number of halogens is 1. The second kappa shape index (κ2) is 3.24. The van der Waals surface area contributed by atoms with Crippen LogP contribution < -0.4 is 5.43 Å². The zero-order chi connectivity index (χ0) is 10.3. The molecule has 2 aromatic rings. The zero-order valence-electron chi connectivity index (χ0n) is 7.93. The maximum atomic E-state index is 11.7. The fourth-order valence-electron chi connectivity index (χ4n) is 1.57. The second-order valence-electron chi connectivity index (χ2n) is 3.37. The summed E-state index contributed by atoms with van der Waals surface area (Å²) in [6.07, 6.45) is 1.44. The largest absolute Gasteiger partial charge is 0.463 e. The van der Waals surface area contributed by atoms with E-state index in [0.717, 1.165) is 11.1 Å². The highest BCUT2D eigenvalue weighted by atomic mass is 79.9. The van der Waals surface area contributed by atoms with E-state index in [1.54, 1.807) is 0 Å². The highest BCUT2D eigenvalue weighted by molar-refractivity contribution is 9.10. The third-order valence-electron chi connectivity index (χ3n) is 2.16. The summed E-state index contributed by atoms with van der Waals surface area (Å²) >= 11 is 3.16. The van der Waals surface area contributed by atoms with Crippen LogP contribution in [0.4, 0.5) is 0 Å². The van der Waals surface area contributed by atoms with Crippen LogP contribution in [0.2, 0.25) is 0 Å². The Morgan fingerprint density at radius 3 is 2.71 bits per heavy atom. The highest BCUT2D eigenvalue weighted by Crippen LogP contribution is 2.19. The number of rotatable bonds is 0. The van der Waals surface area contributed by atoms with Crippen molar-refractivity contribution in [3.63, 3.8) is 0 Å². The Morgan fingerprint density at radius 1 is 1.29 bits per heavy atom. The van der Waals surface area contributed by atoms with Gasteiger partial charge in [-0.15, -0.1) is 0 Å². The quantitative estimate of drug-likeness (QED) is 0.721. The molecule has 0 radical (unpaired) electrons. The van der Waals surface area contributed by atoms with Crippen molar-refractivity contribution < 1.29 is 4.42 Å². The first kappa shape index (κ1) is 9.46. The summed E-state index contributed by atoms with van der Waals surface area (Å²) in [6, 6.07) is 3.85. The number of hydrogen-bond acceptors (Lipinski definition) is 2. The van der Waals surface area contributed by atoms with Gasteiger partial charge in [-0.05, 0) is 47.0 Å². The Balaban J connectivity index is 3.03. The van der Waals surface area contributed by atoms with E-state index in [4.69, 9.17) is 4.42 Å². The minimum Gasteiger partial charge on any atom is -0.463 e. The first-order valence-electron chi connectivity index (χ1n) is 4.28. The molecule has 0 saturated heterocycles. The van der Waals surface area contributed by atoms with Crippen LogP contribution in [0.5, 0.6) is 0 Å². The standard InChI is InChI=1S/C11H9BrO2/c1-6-3-7(2)11-8(4-6)10(13)9(12)5-14-11/h3-5H,1-2H3. The van der Waals surface area contributed by atoms with Gasteiger partial charge in [0.15, 0.2) is 0 Å². The zero-order valence-corrected chi connectivity index (χ0v) is 9.51. The fourth-order valence-corrected chi connectivity index (χ4v) is 1.88. The smallest absolute Gasteiger partial charge is 0.206 e. The van der Waals surface area contributed by atoms with E-state index < -0.39 is 0 Å². The van der Waals surface area contributed by atoms with Crippen LogP contribution in [0.3, 0.4) is 0 Å². The number of fused-ring (bicyclic) bond motifs is 1. The fraction of sp³-hybridized carbons (Fsp3) is 0.182. The van der Waals surface area contributed by atoms with Gasteiger partial charge in [0.25, 0.3) is 0 Å². The second-order valence-corrected chi connectivity index (χ2v) is 4.23.